The molecule has 0 rings (SSSR count). The van der Waals surface area contributed by atoms with Gasteiger partial charge in [0.05, 0.1) is 0 Å². The summed E-state index contributed by atoms with van der Waals surface area (Å²) in [6.07, 6.45) is 80.2. The van der Waals surface area contributed by atoms with E-state index in [1.165, 1.54) is 173 Å². The maximum absolute atomic E-state index is 12.9. The van der Waals surface area contributed by atoms with Gasteiger partial charge in [-0.05, 0) is 89.9 Å². The molecule has 0 heterocycles. The summed E-state index contributed by atoms with van der Waals surface area (Å²) in [6.45, 7) is 6.50. The summed E-state index contributed by atoms with van der Waals surface area (Å²) in [5, 5.41) is 0. The molecule has 0 amide bonds. The monoisotopic (exact) mass is 1020 g/mol. The second-order valence-electron chi connectivity index (χ2n) is 20.6. The highest BCUT2D eigenvalue weighted by atomic mass is 16.6. The zero-order chi connectivity index (χ0) is 52.9. The van der Waals surface area contributed by atoms with E-state index in [9.17, 15) is 14.4 Å². The van der Waals surface area contributed by atoms with Crippen molar-refractivity contribution in [3.63, 3.8) is 0 Å². The molecule has 0 saturated carbocycles. The Kier molecular flexibility index (Phi) is 58.3. The van der Waals surface area contributed by atoms with Crippen molar-refractivity contribution in [3.05, 3.63) is 85.1 Å². The first-order chi connectivity index (χ1) is 36.0. The Morgan fingerprint density at radius 2 is 0.548 bits per heavy atom. The molecule has 6 heteroatoms. The summed E-state index contributed by atoms with van der Waals surface area (Å²) in [4.78, 5) is 38.3. The van der Waals surface area contributed by atoms with Crippen LogP contribution >= 0.6 is 0 Å². The second-order valence-corrected chi connectivity index (χ2v) is 20.6. The molecule has 0 spiro atoms. The zero-order valence-corrected chi connectivity index (χ0v) is 48.1. The largest absolute Gasteiger partial charge is 0.462 e. The van der Waals surface area contributed by atoms with Gasteiger partial charge in [0.2, 0.25) is 0 Å². The van der Waals surface area contributed by atoms with Crippen molar-refractivity contribution in [2.75, 3.05) is 13.2 Å². The van der Waals surface area contributed by atoms with Crippen molar-refractivity contribution < 1.29 is 28.6 Å². The SMILES string of the molecule is CC/C=C\C/C=C\C/C=C\C/C=C\C/C=C\CCCC(=O)OC(COC(=O)CCCCCCCCCCC/C=C\C/C=C\CCCCCCC)COC(=O)CCCCCCCCCCCCCCCCCCC. The molecule has 0 fully saturated rings. The number of hydrogen-bond acceptors (Lipinski definition) is 6. The van der Waals surface area contributed by atoms with Crippen LogP contribution in [0.4, 0.5) is 0 Å². The third-order valence-electron chi connectivity index (χ3n) is 13.4. The molecule has 0 aliphatic heterocycles. The van der Waals surface area contributed by atoms with Crippen molar-refractivity contribution in [2.24, 2.45) is 0 Å². The molecule has 0 bridgehead atoms. The van der Waals surface area contributed by atoms with Crippen LogP contribution in [0.3, 0.4) is 0 Å². The number of carbonyl (C=O) groups is 3. The van der Waals surface area contributed by atoms with Crippen molar-refractivity contribution in [2.45, 2.75) is 309 Å². The van der Waals surface area contributed by atoms with Crippen molar-refractivity contribution in [1.29, 1.82) is 0 Å². The molecule has 0 aromatic carbocycles. The molecule has 0 N–H and O–H groups in total. The van der Waals surface area contributed by atoms with E-state index in [0.717, 1.165) is 83.5 Å². The lowest BCUT2D eigenvalue weighted by atomic mass is 10.0. The first-order valence-electron chi connectivity index (χ1n) is 31.1. The Balaban J connectivity index is 4.43. The van der Waals surface area contributed by atoms with Gasteiger partial charge < -0.3 is 14.2 Å². The normalized spacial score (nSPS) is 12.6. The molecule has 0 aliphatic carbocycles. The average Bonchev–Trinajstić information content (AvgIpc) is 3.39. The number of esters is 3. The van der Waals surface area contributed by atoms with Crippen LogP contribution in [0, 0.1) is 0 Å². The quantitative estimate of drug-likeness (QED) is 0.0261. The van der Waals surface area contributed by atoms with E-state index >= 15 is 0 Å². The number of unbranched alkanes of at least 4 members (excludes halogenated alkanes) is 31. The molecule has 0 saturated heterocycles. The summed E-state index contributed by atoms with van der Waals surface area (Å²) in [5.74, 6) is -0.949. The van der Waals surface area contributed by atoms with Crippen molar-refractivity contribution >= 4 is 17.9 Å². The standard InChI is InChI=1S/C67H116O6/c1-4-7-10-13-16-19-22-25-28-31-32-33-34-37-39-42-45-48-51-54-57-60-66(69)72-63-64(73-67(70)61-58-55-52-49-46-43-40-36-30-27-24-21-18-15-12-9-6-3)62-71-65(68)59-56-53-50-47-44-41-38-35-29-26-23-20-17-14-11-8-5-2/h9,12,18,21-22,25,27,30-32,40,43,49,52,64H,4-8,10-11,13-17,19-20,23-24,26,28-29,33-39,41-42,44-48,50-51,53-63H2,1-3H3/b12-9-,21-18-,25-22-,30-27-,32-31-,43-40-,52-49-. The minimum Gasteiger partial charge on any atom is -0.462 e. The van der Waals surface area contributed by atoms with Gasteiger partial charge >= 0.3 is 17.9 Å². The fourth-order valence-corrected chi connectivity index (χ4v) is 8.75. The predicted molar refractivity (Wildman–Crippen MR) is 316 cm³/mol. The molecule has 73 heavy (non-hydrogen) atoms. The summed E-state index contributed by atoms with van der Waals surface area (Å²) in [7, 11) is 0. The van der Waals surface area contributed by atoms with Crippen LogP contribution in [0.25, 0.3) is 0 Å². The van der Waals surface area contributed by atoms with Crippen LogP contribution in [0.15, 0.2) is 85.1 Å². The molecule has 1 atom stereocenters. The molecular weight excluding hydrogens is 901 g/mol. The molecule has 420 valence electrons. The van der Waals surface area contributed by atoms with Gasteiger partial charge in [-0.15, -0.1) is 0 Å². The third-order valence-corrected chi connectivity index (χ3v) is 13.4. The molecule has 1 unspecified atom stereocenters. The molecule has 0 aliphatic rings. The number of allylic oxidation sites excluding steroid dienone is 14. The third kappa shape index (κ3) is 59.3. The van der Waals surface area contributed by atoms with Gasteiger partial charge in [0.25, 0.3) is 0 Å². The molecule has 6 nitrogen and oxygen atoms in total. The van der Waals surface area contributed by atoms with Gasteiger partial charge in [-0.1, -0.05) is 279 Å². The molecule has 0 radical (unpaired) electrons. The zero-order valence-electron chi connectivity index (χ0n) is 48.1. The van der Waals surface area contributed by atoms with E-state index in [1.807, 2.05) is 0 Å². The predicted octanol–water partition coefficient (Wildman–Crippen LogP) is 21.1. The minimum absolute atomic E-state index is 0.0980. The minimum atomic E-state index is -0.808. The van der Waals surface area contributed by atoms with Crippen LogP contribution in [-0.2, 0) is 28.6 Å². The number of ether oxygens (including phenoxy) is 3. The highest BCUT2D eigenvalue weighted by Crippen LogP contribution is 2.16. The average molecular weight is 1020 g/mol. The van der Waals surface area contributed by atoms with Gasteiger partial charge in [0.15, 0.2) is 6.10 Å². The Bertz CT molecular complexity index is 1400. The van der Waals surface area contributed by atoms with E-state index in [2.05, 4.69) is 106 Å². The van der Waals surface area contributed by atoms with E-state index in [-0.39, 0.29) is 37.5 Å². The summed E-state index contributed by atoms with van der Waals surface area (Å²) >= 11 is 0. The Labute approximate surface area is 452 Å². The summed E-state index contributed by atoms with van der Waals surface area (Å²) < 4.78 is 16.9. The van der Waals surface area contributed by atoms with Gasteiger partial charge in [-0.25, -0.2) is 0 Å². The Hall–Kier alpha value is -3.41. The van der Waals surface area contributed by atoms with Crippen LogP contribution in [0.1, 0.15) is 303 Å². The molecule has 0 aromatic heterocycles. The number of hydrogen-bond donors (Lipinski definition) is 0. The van der Waals surface area contributed by atoms with E-state index in [4.69, 9.17) is 14.2 Å². The Morgan fingerprint density at radius 1 is 0.288 bits per heavy atom. The summed E-state index contributed by atoms with van der Waals surface area (Å²) in [5.41, 5.74) is 0. The maximum Gasteiger partial charge on any atom is 0.306 e. The van der Waals surface area contributed by atoms with E-state index < -0.39 is 6.10 Å². The first kappa shape index (κ1) is 69.6. The van der Waals surface area contributed by atoms with Gasteiger partial charge in [0, 0.05) is 19.3 Å². The van der Waals surface area contributed by atoms with Crippen LogP contribution < -0.4 is 0 Å². The Morgan fingerprint density at radius 3 is 0.877 bits per heavy atom. The number of rotatable bonds is 56. The van der Waals surface area contributed by atoms with E-state index in [0.29, 0.717) is 19.3 Å². The topological polar surface area (TPSA) is 78.9 Å². The van der Waals surface area contributed by atoms with Crippen LogP contribution in [0.2, 0.25) is 0 Å². The lowest BCUT2D eigenvalue weighted by Crippen LogP contribution is -2.30. The molecule has 0 aromatic rings. The smallest absolute Gasteiger partial charge is 0.306 e. The summed E-state index contributed by atoms with van der Waals surface area (Å²) in [6, 6.07) is 0. The lowest BCUT2D eigenvalue weighted by Gasteiger charge is -2.18. The van der Waals surface area contributed by atoms with Gasteiger partial charge in [-0.3, -0.25) is 14.4 Å². The van der Waals surface area contributed by atoms with Crippen molar-refractivity contribution in [3.8, 4) is 0 Å². The highest BCUT2D eigenvalue weighted by molar-refractivity contribution is 5.71. The van der Waals surface area contributed by atoms with Crippen LogP contribution in [0.5, 0.6) is 0 Å². The maximum atomic E-state index is 12.9. The van der Waals surface area contributed by atoms with Crippen molar-refractivity contribution in [1.82, 2.24) is 0 Å². The highest BCUT2D eigenvalue weighted by Gasteiger charge is 2.19. The fourth-order valence-electron chi connectivity index (χ4n) is 8.75. The van der Waals surface area contributed by atoms with Gasteiger partial charge in [-0.2, -0.15) is 0 Å². The fraction of sp³-hybridized carbons (Fsp3) is 0.746. The first-order valence-corrected chi connectivity index (χ1v) is 31.1. The van der Waals surface area contributed by atoms with Gasteiger partial charge in [0.1, 0.15) is 13.2 Å². The lowest BCUT2D eigenvalue weighted by molar-refractivity contribution is -0.167. The molecular formula is C67H116O6. The number of carbonyl (C=O) groups excluding carboxylic acids is 3. The van der Waals surface area contributed by atoms with Crippen LogP contribution in [-0.4, -0.2) is 37.2 Å². The second kappa shape index (κ2) is 61.1. The van der Waals surface area contributed by atoms with E-state index in [1.54, 1.807) is 0 Å².